The van der Waals surface area contributed by atoms with Crippen LogP contribution in [0.3, 0.4) is 0 Å². The predicted molar refractivity (Wildman–Crippen MR) is 151 cm³/mol. The van der Waals surface area contributed by atoms with E-state index in [0.717, 1.165) is 43.0 Å². The Kier molecular flexibility index (Phi) is 6.99. The number of carbonyl (C=O) groups is 3. The number of amides is 4. The molecule has 1 aromatic carbocycles. The summed E-state index contributed by atoms with van der Waals surface area (Å²) in [7, 11) is 1.53. The minimum absolute atomic E-state index is 0.108. The van der Waals surface area contributed by atoms with Crippen LogP contribution in [0.25, 0.3) is 0 Å². The molecule has 6 rings (SSSR count). The van der Waals surface area contributed by atoms with Crippen LogP contribution in [0.2, 0.25) is 0 Å². The molecule has 4 amide bonds. The van der Waals surface area contributed by atoms with Crippen molar-refractivity contribution < 1.29 is 19.1 Å². The van der Waals surface area contributed by atoms with Gasteiger partial charge in [0.05, 0.1) is 25.5 Å². The zero-order valence-electron chi connectivity index (χ0n) is 22.5. The molecule has 2 fully saturated rings. The predicted octanol–water partition coefficient (Wildman–Crippen LogP) is 1.96. The number of pyridine rings is 2. The van der Waals surface area contributed by atoms with Crippen molar-refractivity contribution in [1.29, 1.82) is 0 Å². The van der Waals surface area contributed by atoms with Gasteiger partial charge in [0.1, 0.15) is 11.6 Å². The summed E-state index contributed by atoms with van der Waals surface area (Å²) < 4.78 is 5.25. The molecular weight excluding hydrogens is 522 g/mol. The van der Waals surface area contributed by atoms with Gasteiger partial charge in [-0.05, 0) is 67.9 Å². The van der Waals surface area contributed by atoms with Crippen LogP contribution in [0, 0.1) is 11.8 Å². The highest BCUT2D eigenvalue weighted by Gasteiger charge is 2.48. The highest BCUT2D eigenvalue weighted by Crippen LogP contribution is 2.30. The van der Waals surface area contributed by atoms with Gasteiger partial charge in [-0.2, -0.15) is 0 Å². The summed E-state index contributed by atoms with van der Waals surface area (Å²) in [6, 6.07) is 12.6. The van der Waals surface area contributed by atoms with Crippen LogP contribution in [0.4, 0.5) is 16.3 Å². The summed E-state index contributed by atoms with van der Waals surface area (Å²) in [5.41, 5.74) is 1.25. The molecule has 2 aromatic heterocycles. The van der Waals surface area contributed by atoms with Crippen LogP contribution < -0.4 is 25.6 Å². The van der Waals surface area contributed by atoms with Gasteiger partial charge < -0.3 is 25.2 Å². The maximum atomic E-state index is 13.2. The molecule has 41 heavy (non-hydrogen) atoms. The van der Waals surface area contributed by atoms with E-state index in [1.807, 2.05) is 36.5 Å². The van der Waals surface area contributed by atoms with E-state index in [4.69, 9.17) is 9.72 Å². The van der Waals surface area contributed by atoms with Crippen LogP contribution in [0.15, 0.2) is 61.1 Å². The largest absolute Gasteiger partial charge is 0.497 e. The second kappa shape index (κ2) is 10.9. The monoisotopic (exact) mass is 551 g/mol. The van der Waals surface area contributed by atoms with Gasteiger partial charge in [-0.1, -0.05) is 17.9 Å². The number of imide groups is 1. The molecule has 1 atom stereocenters. The number of fused-ring (bicyclic) bond motifs is 1. The number of anilines is 2. The third-order valence-electron chi connectivity index (χ3n) is 7.58. The van der Waals surface area contributed by atoms with Gasteiger partial charge >= 0.3 is 6.03 Å². The van der Waals surface area contributed by atoms with Gasteiger partial charge in [0.15, 0.2) is 0 Å². The molecule has 3 N–H and O–H groups in total. The SMILES string of the molecule is COc1ccc2c(c1)C(=O)N(C[C@@]1(C#Cc3ccc(N(c4cccnc4)C4CCNCC4)nc3)NC(=O)NC1=O)C2. The van der Waals surface area contributed by atoms with Crippen molar-refractivity contribution in [2.75, 3.05) is 31.6 Å². The third-order valence-corrected chi connectivity index (χ3v) is 7.58. The zero-order chi connectivity index (χ0) is 28.4. The first-order valence-corrected chi connectivity index (χ1v) is 13.4. The second-order valence-corrected chi connectivity index (χ2v) is 10.2. The third kappa shape index (κ3) is 5.17. The molecule has 0 bridgehead atoms. The lowest BCUT2D eigenvalue weighted by atomic mass is 9.99. The fourth-order valence-corrected chi connectivity index (χ4v) is 5.48. The number of urea groups is 1. The molecule has 0 unspecified atom stereocenters. The average molecular weight is 552 g/mol. The van der Waals surface area contributed by atoms with E-state index in [-0.39, 0.29) is 18.5 Å². The number of hydrogen-bond acceptors (Lipinski definition) is 8. The van der Waals surface area contributed by atoms with E-state index in [1.165, 1.54) is 12.0 Å². The Labute approximate surface area is 237 Å². The van der Waals surface area contributed by atoms with E-state index >= 15 is 0 Å². The Bertz CT molecular complexity index is 1540. The zero-order valence-corrected chi connectivity index (χ0v) is 22.5. The Morgan fingerprint density at radius 1 is 1.12 bits per heavy atom. The molecule has 2 saturated heterocycles. The van der Waals surface area contributed by atoms with Crippen molar-refractivity contribution in [2.24, 2.45) is 0 Å². The van der Waals surface area contributed by atoms with Crippen LogP contribution >= 0.6 is 0 Å². The quantitative estimate of drug-likeness (QED) is 0.313. The Morgan fingerprint density at radius 3 is 2.66 bits per heavy atom. The number of rotatable bonds is 6. The second-order valence-electron chi connectivity index (χ2n) is 10.2. The molecule has 11 nitrogen and oxygen atoms in total. The van der Waals surface area contributed by atoms with Gasteiger partial charge in [0, 0.05) is 36.1 Å². The molecule has 208 valence electrons. The number of hydrogen-bond donors (Lipinski definition) is 3. The first-order chi connectivity index (χ1) is 20.0. The smallest absolute Gasteiger partial charge is 0.323 e. The molecule has 0 saturated carbocycles. The Hall–Kier alpha value is -4.95. The number of methoxy groups -OCH3 is 1. The molecule has 11 heteroatoms. The first-order valence-electron chi connectivity index (χ1n) is 13.4. The molecular formula is C30H29N7O4. The van der Waals surface area contributed by atoms with Crippen molar-refractivity contribution in [3.05, 3.63) is 77.7 Å². The minimum Gasteiger partial charge on any atom is -0.497 e. The molecule has 0 aliphatic carbocycles. The summed E-state index contributed by atoms with van der Waals surface area (Å²) >= 11 is 0. The number of aromatic nitrogens is 2. The van der Waals surface area contributed by atoms with Crippen LogP contribution in [0.5, 0.6) is 5.75 Å². The maximum absolute atomic E-state index is 13.2. The highest BCUT2D eigenvalue weighted by atomic mass is 16.5. The molecule has 3 aliphatic heterocycles. The summed E-state index contributed by atoms with van der Waals surface area (Å²) in [6.07, 6.45) is 7.17. The summed E-state index contributed by atoms with van der Waals surface area (Å²) in [6.45, 7) is 2.04. The van der Waals surface area contributed by atoms with Crippen molar-refractivity contribution in [3.63, 3.8) is 0 Å². The fourth-order valence-electron chi connectivity index (χ4n) is 5.48. The van der Waals surface area contributed by atoms with Crippen LogP contribution in [-0.4, -0.2) is 71.0 Å². The molecule has 3 aromatic rings. The van der Waals surface area contributed by atoms with Crippen molar-refractivity contribution >= 4 is 29.4 Å². The fraction of sp³-hybridized carbons (Fsp3) is 0.300. The first kappa shape index (κ1) is 26.3. The average Bonchev–Trinajstić information content (AvgIpc) is 3.47. The van der Waals surface area contributed by atoms with E-state index in [2.05, 4.69) is 37.7 Å². The van der Waals surface area contributed by atoms with Gasteiger partial charge in [0.2, 0.25) is 5.54 Å². The standard InChI is InChI=1S/C30H29N7O4/c1-41-24-6-5-21-18-36(27(38)25(21)15-24)19-30(28(39)34-29(40)35-30)11-8-20-4-7-26(33-16-20)37(22-9-13-31-14-10-22)23-3-2-12-32-17-23/h2-7,12,15-17,22,31H,9-10,13-14,18-19H2,1H3,(H2,34,35,39,40)/t30-/m1/s1. The lowest BCUT2D eigenvalue weighted by molar-refractivity contribution is -0.122. The van der Waals surface area contributed by atoms with E-state index in [0.29, 0.717) is 23.4 Å². The summed E-state index contributed by atoms with van der Waals surface area (Å²) in [5.74, 6) is 6.43. The normalized spacial score (nSPS) is 20.1. The number of nitrogens with one attached hydrogen (secondary N) is 3. The van der Waals surface area contributed by atoms with Crippen molar-refractivity contribution in [3.8, 4) is 17.6 Å². The number of ether oxygens (including phenoxy) is 1. The maximum Gasteiger partial charge on any atom is 0.323 e. The topological polar surface area (TPSA) is 129 Å². The van der Waals surface area contributed by atoms with Gasteiger partial charge in [-0.25, -0.2) is 9.78 Å². The van der Waals surface area contributed by atoms with Crippen molar-refractivity contribution in [1.82, 2.24) is 30.8 Å². The summed E-state index contributed by atoms with van der Waals surface area (Å²) in [5, 5.41) is 8.31. The van der Waals surface area contributed by atoms with Gasteiger partial charge in [-0.15, -0.1) is 0 Å². The Balaban J connectivity index is 1.26. The van der Waals surface area contributed by atoms with Gasteiger partial charge in [0.25, 0.3) is 11.8 Å². The lowest BCUT2D eigenvalue weighted by Gasteiger charge is -2.35. The Morgan fingerprint density at radius 2 is 1.98 bits per heavy atom. The van der Waals surface area contributed by atoms with Crippen molar-refractivity contribution in [2.45, 2.75) is 31.0 Å². The van der Waals surface area contributed by atoms with Crippen LogP contribution in [-0.2, 0) is 11.3 Å². The molecule has 0 radical (unpaired) electrons. The molecule has 3 aliphatic rings. The number of nitrogens with zero attached hydrogens (tertiary/aromatic N) is 4. The highest BCUT2D eigenvalue weighted by molar-refractivity contribution is 6.10. The van der Waals surface area contributed by atoms with E-state index in [9.17, 15) is 14.4 Å². The van der Waals surface area contributed by atoms with E-state index < -0.39 is 17.5 Å². The molecule has 0 spiro atoms. The van der Waals surface area contributed by atoms with E-state index in [1.54, 1.807) is 24.5 Å². The lowest BCUT2D eigenvalue weighted by Crippen LogP contribution is -2.54. The number of carbonyl (C=O) groups excluding carboxylic acids is 3. The number of benzene rings is 1. The summed E-state index contributed by atoms with van der Waals surface area (Å²) in [4.78, 5) is 51.0. The minimum atomic E-state index is -1.60. The molecule has 5 heterocycles. The number of piperidine rings is 1. The van der Waals surface area contributed by atoms with Crippen LogP contribution in [0.1, 0.15) is 34.3 Å². The van der Waals surface area contributed by atoms with Gasteiger partial charge in [-0.3, -0.25) is 19.9 Å².